The molecule has 0 aromatic carbocycles. The van der Waals surface area contributed by atoms with Crippen LogP contribution >= 0.6 is 0 Å². The molecular formula is C48H72N2O7. The van der Waals surface area contributed by atoms with Crippen LogP contribution in [0.4, 0.5) is 0 Å². The van der Waals surface area contributed by atoms with E-state index in [0.717, 1.165) is 68.4 Å². The Kier molecular flexibility index (Phi) is 10.6. The lowest BCUT2D eigenvalue weighted by atomic mass is 9.39. The molecule has 9 aliphatic rings. The smallest absolute Gasteiger partial charge is 0.159 e. The average Bonchev–Trinajstić information content (AvgIpc) is 3.52. The summed E-state index contributed by atoms with van der Waals surface area (Å²) in [5, 5.41) is 65.5. The van der Waals surface area contributed by atoms with Crippen molar-refractivity contribution in [3.05, 3.63) is 47.7 Å². The number of hydrogen-bond donors (Lipinski definition) is 7. The molecule has 316 valence electrons. The van der Waals surface area contributed by atoms with Crippen LogP contribution in [0.3, 0.4) is 0 Å². The predicted octanol–water partition coefficient (Wildman–Crippen LogP) is 5.98. The molecule has 0 amide bonds. The van der Waals surface area contributed by atoms with E-state index in [1.807, 2.05) is 19.2 Å². The minimum atomic E-state index is -1.55. The number of aliphatic hydroxyl groups excluding tert-OH is 3. The first-order valence-corrected chi connectivity index (χ1v) is 23.2. The number of rotatable bonds is 7. The maximum atomic E-state index is 14.7. The van der Waals surface area contributed by atoms with E-state index in [4.69, 9.17) is 10.5 Å². The second-order valence-corrected chi connectivity index (χ2v) is 21.1. The summed E-state index contributed by atoms with van der Waals surface area (Å²) in [5.41, 5.74) is 3.63. The number of aliphatic hydroxyl groups is 5. The first-order valence-electron chi connectivity index (χ1n) is 23.2. The van der Waals surface area contributed by atoms with Gasteiger partial charge in [-0.05, 0) is 148 Å². The molecule has 0 radical (unpaired) electrons. The van der Waals surface area contributed by atoms with Crippen molar-refractivity contribution in [2.45, 2.75) is 178 Å². The van der Waals surface area contributed by atoms with Crippen LogP contribution in [0.1, 0.15) is 130 Å². The molecule has 0 bridgehead atoms. The van der Waals surface area contributed by atoms with Gasteiger partial charge in [0, 0.05) is 23.5 Å². The molecule has 18 unspecified atom stereocenters. The number of carbonyl (C=O) groups excluding carboxylic acids is 1. The van der Waals surface area contributed by atoms with Crippen LogP contribution in [0.25, 0.3) is 0 Å². The number of hydrogen-bond acceptors (Lipinski definition) is 9. The van der Waals surface area contributed by atoms with Gasteiger partial charge in [-0.25, -0.2) is 0 Å². The summed E-state index contributed by atoms with van der Waals surface area (Å²) >= 11 is 0. The highest BCUT2D eigenvalue weighted by molar-refractivity contribution is 5.95. The Bertz CT molecular complexity index is 1670. The molecule has 1 saturated heterocycles. The molecule has 6 fully saturated rings. The number of dihydropyridines is 1. The van der Waals surface area contributed by atoms with Gasteiger partial charge in [0.25, 0.3) is 0 Å². The Morgan fingerprint density at radius 3 is 2.51 bits per heavy atom. The third-order valence-electron chi connectivity index (χ3n) is 18.4. The molecule has 2 heterocycles. The SMILES string of the molecule is CCCC1CCC2OC(C(O)C(C)(O)C3CCC4(O)C5=CC(=O)C6CC(O)C(O)CC67CC(C6=CNC(N)C=C6)C=CC(CC34C3CCCCC3)C57)C(C)C2CC1. The molecule has 9 heteroatoms. The first kappa shape index (κ1) is 40.6. The molecule has 57 heavy (non-hydrogen) atoms. The zero-order valence-corrected chi connectivity index (χ0v) is 34.8. The standard InChI is InChI=1S/C48H72N2O7/c1-4-8-28-11-16-33-27(2)43(57-39(33)17-12-28)44(54)45(3,55)40-19-20-48(56)35-22-36(51)34-21-37(52)38(53)25-46(34)23-29(31-15-18-41(49)50-26-31)13-14-30(42(35)46)24-47(40,48)32-9-6-5-7-10-32/h13-15,18,22,26-30,32-34,37-44,50,52-56H,4-12,16-17,19-21,23-25,49H2,1-3H3. The van der Waals surface area contributed by atoms with Gasteiger partial charge in [-0.15, -0.1) is 0 Å². The van der Waals surface area contributed by atoms with Crippen molar-refractivity contribution >= 4 is 5.78 Å². The Balaban J connectivity index is 1.13. The molecule has 5 saturated carbocycles. The highest BCUT2D eigenvalue weighted by atomic mass is 16.5. The molecule has 0 aromatic heterocycles. The third kappa shape index (κ3) is 6.20. The van der Waals surface area contributed by atoms with E-state index >= 15 is 0 Å². The fraction of sp³-hybridized carbons (Fsp3) is 0.812. The van der Waals surface area contributed by atoms with Crippen LogP contribution in [-0.2, 0) is 9.53 Å². The Labute approximate surface area is 340 Å². The maximum absolute atomic E-state index is 14.7. The summed E-state index contributed by atoms with van der Waals surface area (Å²) in [4.78, 5) is 14.7. The van der Waals surface area contributed by atoms with Gasteiger partial charge < -0.3 is 41.3 Å². The molecule has 9 nitrogen and oxygen atoms in total. The van der Waals surface area contributed by atoms with Crippen LogP contribution in [0, 0.1) is 64.1 Å². The van der Waals surface area contributed by atoms with Crippen molar-refractivity contribution in [3.8, 4) is 0 Å². The minimum absolute atomic E-state index is 0.0593. The number of ether oxygens (including phenoxy) is 1. The zero-order valence-electron chi connectivity index (χ0n) is 34.8. The van der Waals surface area contributed by atoms with Crippen molar-refractivity contribution in [2.75, 3.05) is 0 Å². The number of ketones is 1. The van der Waals surface area contributed by atoms with E-state index in [0.29, 0.717) is 31.6 Å². The fourth-order valence-corrected chi connectivity index (χ4v) is 15.9. The van der Waals surface area contributed by atoms with E-state index in [2.05, 4.69) is 37.4 Å². The van der Waals surface area contributed by atoms with E-state index in [9.17, 15) is 30.3 Å². The molecule has 9 rings (SSSR count). The molecule has 8 N–H and O–H groups in total. The topological polar surface area (TPSA) is 166 Å². The van der Waals surface area contributed by atoms with Crippen LogP contribution in [0.5, 0.6) is 0 Å². The second-order valence-electron chi connectivity index (χ2n) is 21.1. The Morgan fingerprint density at radius 1 is 1.00 bits per heavy atom. The fourth-order valence-electron chi connectivity index (χ4n) is 15.9. The van der Waals surface area contributed by atoms with E-state index < -0.39 is 58.3 Å². The van der Waals surface area contributed by atoms with Gasteiger partial charge in [-0.3, -0.25) is 4.79 Å². The van der Waals surface area contributed by atoms with E-state index in [1.54, 1.807) is 6.08 Å². The summed E-state index contributed by atoms with van der Waals surface area (Å²) in [6.07, 6.45) is 23.4. The van der Waals surface area contributed by atoms with Crippen molar-refractivity contribution < 1.29 is 35.1 Å². The molecule has 7 aliphatic carbocycles. The molecule has 2 aliphatic heterocycles. The normalized spacial score (nSPS) is 49.8. The monoisotopic (exact) mass is 789 g/mol. The van der Waals surface area contributed by atoms with E-state index in [1.165, 1.54) is 19.3 Å². The lowest BCUT2D eigenvalue weighted by molar-refractivity contribution is -0.224. The lowest BCUT2D eigenvalue weighted by Gasteiger charge is -2.66. The van der Waals surface area contributed by atoms with Crippen molar-refractivity contribution in [2.24, 2.45) is 69.8 Å². The number of fused-ring (bicyclic) bond motifs is 3. The molecule has 0 aromatic rings. The highest BCUT2D eigenvalue weighted by Crippen LogP contribution is 2.75. The minimum Gasteiger partial charge on any atom is -0.390 e. The Hall–Kier alpha value is -1.85. The van der Waals surface area contributed by atoms with Gasteiger partial charge in [-0.1, -0.05) is 70.6 Å². The predicted molar refractivity (Wildman–Crippen MR) is 219 cm³/mol. The Morgan fingerprint density at radius 2 is 1.77 bits per heavy atom. The summed E-state index contributed by atoms with van der Waals surface area (Å²) < 4.78 is 6.86. The van der Waals surface area contributed by atoms with Crippen molar-refractivity contribution in [3.63, 3.8) is 0 Å². The molecular weight excluding hydrogens is 717 g/mol. The van der Waals surface area contributed by atoms with Crippen molar-refractivity contribution in [1.82, 2.24) is 5.32 Å². The van der Waals surface area contributed by atoms with Crippen LogP contribution < -0.4 is 11.1 Å². The number of allylic oxidation sites excluding steroid dienone is 5. The quantitative estimate of drug-likeness (QED) is 0.154. The summed E-state index contributed by atoms with van der Waals surface area (Å²) in [6, 6.07) is 0. The number of nitrogens with one attached hydrogen (secondary N) is 1. The largest absolute Gasteiger partial charge is 0.390 e. The van der Waals surface area contributed by atoms with Gasteiger partial charge in [0.2, 0.25) is 0 Å². The number of nitrogens with two attached hydrogens (primary N) is 1. The van der Waals surface area contributed by atoms with Crippen LogP contribution in [-0.4, -0.2) is 79.2 Å². The maximum Gasteiger partial charge on any atom is 0.159 e. The zero-order chi connectivity index (χ0) is 40.1. The van der Waals surface area contributed by atoms with Crippen LogP contribution in [0.2, 0.25) is 0 Å². The number of carbonyl (C=O) groups is 1. The highest BCUT2D eigenvalue weighted by Gasteiger charge is 2.75. The molecule has 1 spiro atoms. The summed E-state index contributed by atoms with van der Waals surface area (Å²) in [6.45, 7) is 6.32. The summed E-state index contributed by atoms with van der Waals surface area (Å²) in [5.74, 6) is 0.0288. The van der Waals surface area contributed by atoms with Crippen molar-refractivity contribution in [1.29, 1.82) is 0 Å². The summed E-state index contributed by atoms with van der Waals surface area (Å²) in [7, 11) is 0. The van der Waals surface area contributed by atoms with Crippen LogP contribution in [0.15, 0.2) is 47.7 Å². The first-order chi connectivity index (χ1) is 27.2. The average molecular weight is 789 g/mol. The van der Waals surface area contributed by atoms with Gasteiger partial charge >= 0.3 is 0 Å². The van der Waals surface area contributed by atoms with Gasteiger partial charge in [0.1, 0.15) is 6.10 Å². The van der Waals surface area contributed by atoms with E-state index in [-0.39, 0.29) is 60.5 Å². The van der Waals surface area contributed by atoms with Gasteiger partial charge in [0.15, 0.2) is 5.78 Å². The lowest BCUT2D eigenvalue weighted by Crippen LogP contribution is -2.68. The molecule has 18 atom stereocenters. The van der Waals surface area contributed by atoms with Gasteiger partial charge in [-0.2, -0.15) is 0 Å². The second kappa shape index (κ2) is 15.0. The van der Waals surface area contributed by atoms with Gasteiger partial charge in [0.05, 0.1) is 41.8 Å². The third-order valence-corrected chi connectivity index (χ3v) is 18.4.